The Morgan fingerprint density at radius 2 is 2.26 bits per heavy atom. The second-order valence-electron chi connectivity index (χ2n) is 3.70. The van der Waals surface area contributed by atoms with Crippen molar-refractivity contribution in [2.75, 3.05) is 18.2 Å². The molecule has 1 heterocycles. The topological polar surface area (TPSA) is 73.1 Å². The Morgan fingerprint density at radius 1 is 1.47 bits per heavy atom. The summed E-state index contributed by atoms with van der Waals surface area (Å²) in [5, 5.41) is 3.77. The molecule has 0 bridgehead atoms. The number of rotatable bonds is 4. The van der Waals surface area contributed by atoms with Gasteiger partial charge >= 0.3 is 0 Å². The molecule has 0 spiro atoms. The lowest BCUT2D eigenvalue weighted by atomic mass is 10.2. The molecule has 3 N–H and O–H groups in total. The summed E-state index contributed by atoms with van der Waals surface area (Å²) in [5.41, 5.74) is 6.41. The van der Waals surface area contributed by atoms with Gasteiger partial charge in [0.05, 0.1) is 11.6 Å². The largest absolute Gasteiger partial charge is 0.496 e. The molecule has 19 heavy (non-hydrogen) atoms. The van der Waals surface area contributed by atoms with Crippen LogP contribution in [0, 0.1) is 0 Å². The summed E-state index contributed by atoms with van der Waals surface area (Å²) < 4.78 is 6.00. The number of benzene rings is 1. The van der Waals surface area contributed by atoms with Crippen LogP contribution in [0.15, 0.2) is 28.9 Å². The summed E-state index contributed by atoms with van der Waals surface area (Å²) >= 11 is 9.51. The van der Waals surface area contributed by atoms with Crippen molar-refractivity contribution in [1.29, 1.82) is 0 Å². The molecule has 2 aromatic rings. The van der Waals surface area contributed by atoms with E-state index >= 15 is 0 Å². The highest BCUT2D eigenvalue weighted by Crippen LogP contribution is 2.28. The SMILES string of the molecule is COc1cccc(Cl)c1CNc1nc(N)ncc1Br. The molecule has 1 aromatic carbocycles. The summed E-state index contributed by atoms with van der Waals surface area (Å²) in [5.74, 6) is 1.53. The van der Waals surface area contributed by atoms with Crippen molar-refractivity contribution < 1.29 is 4.74 Å². The van der Waals surface area contributed by atoms with Crippen molar-refractivity contribution in [2.45, 2.75) is 6.54 Å². The normalized spacial score (nSPS) is 10.3. The van der Waals surface area contributed by atoms with Crippen LogP contribution < -0.4 is 15.8 Å². The van der Waals surface area contributed by atoms with Crippen LogP contribution in [0.4, 0.5) is 11.8 Å². The van der Waals surface area contributed by atoms with E-state index in [-0.39, 0.29) is 5.95 Å². The summed E-state index contributed by atoms with van der Waals surface area (Å²) in [6, 6.07) is 5.50. The molecule has 100 valence electrons. The maximum absolute atomic E-state index is 6.16. The molecule has 0 saturated heterocycles. The third kappa shape index (κ3) is 3.27. The van der Waals surface area contributed by atoms with Gasteiger partial charge in [0.25, 0.3) is 0 Å². The Bertz CT molecular complexity index is 594. The third-order valence-corrected chi connectivity index (χ3v) is 3.43. The van der Waals surface area contributed by atoms with Gasteiger partial charge < -0.3 is 15.8 Å². The van der Waals surface area contributed by atoms with E-state index in [1.54, 1.807) is 13.3 Å². The zero-order valence-electron chi connectivity index (χ0n) is 10.2. The number of nitrogens with two attached hydrogens (primary N) is 1. The highest BCUT2D eigenvalue weighted by molar-refractivity contribution is 9.10. The lowest BCUT2D eigenvalue weighted by Gasteiger charge is -2.12. The maximum Gasteiger partial charge on any atom is 0.221 e. The van der Waals surface area contributed by atoms with Crippen molar-refractivity contribution >= 4 is 39.3 Å². The second-order valence-corrected chi connectivity index (χ2v) is 4.96. The molecule has 0 aliphatic rings. The van der Waals surface area contributed by atoms with Crippen molar-refractivity contribution in [2.24, 2.45) is 0 Å². The molecule has 5 nitrogen and oxygen atoms in total. The van der Waals surface area contributed by atoms with Crippen LogP contribution in [0.5, 0.6) is 5.75 Å². The van der Waals surface area contributed by atoms with Gasteiger partial charge in [-0.1, -0.05) is 17.7 Å². The minimum Gasteiger partial charge on any atom is -0.496 e. The van der Waals surface area contributed by atoms with Crippen molar-refractivity contribution in [1.82, 2.24) is 9.97 Å². The molecule has 0 fully saturated rings. The fourth-order valence-corrected chi connectivity index (χ4v) is 2.14. The number of nitrogens with one attached hydrogen (secondary N) is 1. The van der Waals surface area contributed by atoms with Gasteiger partial charge in [-0.3, -0.25) is 0 Å². The molecule has 0 saturated carbocycles. The molecule has 0 radical (unpaired) electrons. The Labute approximate surface area is 124 Å². The van der Waals surface area contributed by atoms with E-state index in [1.165, 1.54) is 0 Å². The van der Waals surface area contributed by atoms with Gasteiger partial charge in [-0.25, -0.2) is 4.98 Å². The molecule has 0 unspecified atom stereocenters. The standard InChI is InChI=1S/C12H12BrClN4O/c1-19-10-4-2-3-9(14)7(10)5-16-11-8(13)6-17-12(15)18-11/h2-4,6H,5H2,1H3,(H3,15,16,17,18). The zero-order chi connectivity index (χ0) is 13.8. The quantitative estimate of drug-likeness (QED) is 0.892. The fourth-order valence-electron chi connectivity index (χ4n) is 1.58. The van der Waals surface area contributed by atoms with Gasteiger partial charge in [0.2, 0.25) is 5.95 Å². The van der Waals surface area contributed by atoms with Crippen LogP contribution in [-0.2, 0) is 6.54 Å². The fraction of sp³-hybridized carbons (Fsp3) is 0.167. The summed E-state index contributed by atoms with van der Waals surface area (Å²) in [4.78, 5) is 7.97. The van der Waals surface area contributed by atoms with Crippen molar-refractivity contribution in [3.05, 3.63) is 39.5 Å². The maximum atomic E-state index is 6.16. The first-order chi connectivity index (χ1) is 9.11. The summed E-state index contributed by atoms with van der Waals surface area (Å²) in [6.45, 7) is 0.470. The second kappa shape index (κ2) is 6.08. The molecule has 2 rings (SSSR count). The van der Waals surface area contributed by atoms with E-state index in [0.29, 0.717) is 17.4 Å². The number of nitrogen functional groups attached to an aromatic ring is 1. The number of anilines is 2. The number of hydrogen-bond acceptors (Lipinski definition) is 5. The van der Waals surface area contributed by atoms with Gasteiger partial charge in [0.15, 0.2) is 0 Å². The van der Waals surface area contributed by atoms with E-state index in [9.17, 15) is 0 Å². The van der Waals surface area contributed by atoms with Crippen LogP contribution in [0.25, 0.3) is 0 Å². The van der Waals surface area contributed by atoms with Crippen molar-refractivity contribution in [3.8, 4) is 5.75 Å². The predicted octanol–water partition coefficient (Wildman–Crippen LogP) is 3.10. The number of hydrogen-bond donors (Lipinski definition) is 2. The van der Waals surface area contributed by atoms with E-state index in [0.717, 1.165) is 15.8 Å². The van der Waals surface area contributed by atoms with E-state index in [1.807, 2.05) is 18.2 Å². The number of methoxy groups -OCH3 is 1. The molecular weight excluding hydrogens is 332 g/mol. The zero-order valence-corrected chi connectivity index (χ0v) is 12.5. The average Bonchev–Trinajstić information content (AvgIpc) is 2.40. The number of halogens is 2. The van der Waals surface area contributed by atoms with E-state index in [4.69, 9.17) is 22.1 Å². The molecule has 0 aliphatic carbocycles. The highest BCUT2D eigenvalue weighted by Gasteiger charge is 2.09. The Balaban J connectivity index is 2.21. The lowest BCUT2D eigenvalue weighted by molar-refractivity contribution is 0.410. The first kappa shape index (κ1) is 13.9. The summed E-state index contributed by atoms with van der Waals surface area (Å²) in [7, 11) is 1.60. The average molecular weight is 344 g/mol. The number of ether oxygens (including phenoxy) is 1. The van der Waals surface area contributed by atoms with Crippen LogP contribution >= 0.6 is 27.5 Å². The van der Waals surface area contributed by atoms with Gasteiger partial charge in [-0.2, -0.15) is 4.98 Å². The number of nitrogens with zero attached hydrogens (tertiary/aromatic N) is 2. The smallest absolute Gasteiger partial charge is 0.221 e. The molecule has 7 heteroatoms. The van der Waals surface area contributed by atoms with Crippen LogP contribution in [0.1, 0.15) is 5.56 Å². The van der Waals surface area contributed by atoms with Gasteiger partial charge in [0.1, 0.15) is 11.6 Å². The first-order valence-electron chi connectivity index (χ1n) is 5.45. The van der Waals surface area contributed by atoms with Crippen LogP contribution in [0.3, 0.4) is 0 Å². The van der Waals surface area contributed by atoms with Gasteiger partial charge in [0, 0.05) is 23.3 Å². The number of aromatic nitrogens is 2. The lowest BCUT2D eigenvalue weighted by Crippen LogP contribution is -2.06. The molecule has 0 atom stereocenters. The van der Waals surface area contributed by atoms with Crippen LogP contribution in [0.2, 0.25) is 5.02 Å². The molecule has 1 aromatic heterocycles. The third-order valence-electron chi connectivity index (χ3n) is 2.49. The summed E-state index contributed by atoms with van der Waals surface area (Å²) in [6.07, 6.45) is 1.59. The molecule has 0 aliphatic heterocycles. The monoisotopic (exact) mass is 342 g/mol. The minimum atomic E-state index is 0.205. The Hall–Kier alpha value is -1.53. The highest BCUT2D eigenvalue weighted by atomic mass is 79.9. The van der Waals surface area contributed by atoms with Gasteiger partial charge in [-0.15, -0.1) is 0 Å². The van der Waals surface area contributed by atoms with Crippen LogP contribution in [-0.4, -0.2) is 17.1 Å². The van der Waals surface area contributed by atoms with Crippen molar-refractivity contribution in [3.63, 3.8) is 0 Å². The minimum absolute atomic E-state index is 0.205. The van der Waals surface area contributed by atoms with E-state index in [2.05, 4.69) is 31.2 Å². The molecular formula is C12H12BrClN4O. The van der Waals surface area contributed by atoms with Gasteiger partial charge in [-0.05, 0) is 28.1 Å². The first-order valence-corrected chi connectivity index (χ1v) is 6.62. The Morgan fingerprint density at radius 3 is 3.00 bits per heavy atom. The molecule has 0 amide bonds. The predicted molar refractivity (Wildman–Crippen MR) is 79.5 cm³/mol. The Kier molecular flexibility index (Phi) is 4.44. The van der Waals surface area contributed by atoms with E-state index < -0.39 is 0 Å².